The van der Waals surface area contributed by atoms with Gasteiger partial charge in [-0.3, -0.25) is 0 Å². The summed E-state index contributed by atoms with van der Waals surface area (Å²) in [5.41, 5.74) is 0. The molecule has 1 rings (SSSR count). The number of piperidine rings is 1. The molecule has 13 heavy (non-hydrogen) atoms. The summed E-state index contributed by atoms with van der Waals surface area (Å²) in [6.45, 7) is 6.04. The molecule has 1 saturated heterocycles. The molecule has 2 unspecified atom stereocenters. The van der Waals surface area contributed by atoms with Crippen molar-refractivity contribution in [2.24, 2.45) is 11.8 Å². The zero-order chi connectivity index (χ0) is 9.84. The van der Waals surface area contributed by atoms with Gasteiger partial charge in [-0.2, -0.15) is 0 Å². The molecule has 0 saturated carbocycles. The van der Waals surface area contributed by atoms with Gasteiger partial charge in [0.05, 0.1) is 5.25 Å². The van der Waals surface area contributed by atoms with E-state index in [-0.39, 0.29) is 5.25 Å². The zero-order valence-corrected chi connectivity index (χ0v) is 9.14. The molecule has 2 N–H and O–H groups in total. The van der Waals surface area contributed by atoms with Crippen molar-refractivity contribution in [2.75, 3.05) is 13.1 Å². The third-order valence-electron chi connectivity index (χ3n) is 2.74. The van der Waals surface area contributed by atoms with Gasteiger partial charge in [0.15, 0.2) is 11.1 Å². The molecule has 2 atom stereocenters. The summed E-state index contributed by atoms with van der Waals surface area (Å²) in [4.78, 5) is 0. The standard InChI is InChI=1S/C9H19NO2S/c1-7(2)9(13(11)12)8-3-5-10-6-4-8/h7-10H,3-6H2,1-2H3,(H,11,12). The summed E-state index contributed by atoms with van der Waals surface area (Å²) in [5, 5.41) is 3.23. The maximum Gasteiger partial charge on any atom is 0.156 e. The molecule has 0 aromatic rings. The highest BCUT2D eigenvalue weighted by Gasteiger charge is 2.30. The van der Waals surface area contributed by atoms with Crippen LogP contribution in [0.1, 0.15) is 26.7 Å². The molecule has 4 heteroatoms. The lowest BCUT2D eigenvalue weighted by Crippen LogP contribution is -2.38. The Morgan fingerprint density at radius 2 is 1.92 bits per heavy atom. The van der Waals surface area contributed by atoms with E-state index in [0.29, 0.717) is 11.8 Å². The summed E-state index contributed by atoms with van der Waals surface area (Å²) in [6.07, 6.45) is 2.07. The summed E-state index contributed by atoms with van der Waals surface area (Å²) in [5.74, 6) is 0.723. The molecule has 0 aliphatic carbocycles. The minimum absolute atomic E-state index is 0.0397. The topological polar surface area (TPSA) is 49.3 Å². The van der Waals surface area contributed by atoms with Crippen molar-refractivity contribution in [1.82, 2.24) is 5.32 Å². The third-order valence-corrected chi connectivity index (χ3v) is 4.13. The first-order valence-electron chi connectivity index (χ1n) is 4.93. The van der Waals surface area contributed by atoms with Gasteiger partial charge in [-0.1, -0.05) is 13.8 Å². The largest absolute Gasteiger partial charge is 0.317 e. The van der Waals surface area contributed by atoms with E-state index >= 15 is 0 Å². The zero-order valence-electron chi connectivity index (χ0n) is 8.32. The van der Waals surface area contributed by atoms with Crippen molar-refractivity contribution in [3.05, 3.63) is 0 Å². The minimum atomic E-state index is -1.66. The van der Waals surface area contributed by atoms with E-state index in [1.54, 1.807) is 0 Å². The molecule has 0 aromatic carbocycles. The van der Waals surface area contributed by atoms with Crippen LogP contribution in [0, 0.1) is 11.8 Å². The van der Waals surface area contributed by atoms with Crippen molar-refractivity contribution >= 4 is 11.1 Å². The first-order valence-corrected chi connectivity index (χ1v) is 6.10. The fraction of sp³-hybridized carbons (Fsp3) is 1.00. The highest BCUT2D eigenvalue weighted by molar-refractivity contribution is 7.79. The van der Waals surface area contributed by atoms with Gasteiger partial charge in [-0.15, -0.1) is 0 Å². The Bertz CT molecular complexity index is 178. The Morgan fingerprint density at radius 1 is 1.38 bits per heavy atom. The van der Waals surface area contributed by atoms with Crippen LogP contribution in [0.15, 0.2) is 0 Å². The highest BCUT2D eigenvalue weighted by Crippen LogP contribution is 2.25. The average molecular weight is 205 g/mol. The Kier molecular flexibility index (Phi) is 4.35. The quantitative estimate of drug-likeness (QED) is 0.681. The van der Waals surface area contributed by atoms with E-state index < -0.39 is 11.1 Å². The molecule has 78 valence electrons. The smallest absolute Gasteiger partial charge is 0.156 e. The average Bonchev–Trinajstić information content (AvgIpc) is 2.04. The Hall–Kier alpha value is 0.0700. The second-order valence-corrected chi connectivity index (χ2v) is 5.17. The van der Waals surface area contributed by atoms with Gasteiger partial charge < -0.3 is 9.87 Å². The molecule has 0 spiro atoms. The fourth-order valence-electron chi connectivity index (χ4n) is 2.11. The van der Waals surface area contributed by atoms with Crippen molar-refractivity contribution in [2.45, 2.75) is 31.9 Å². The van der Waals surface area contributed by atoms with Gasteiger partial charge in [0.1, 0.15) is 0 Å². The van der Waals surface area contributed by atoms with Crippen LogP contribution >= 0.6 is 0 Å². The van der Waals surface area contributed by atoms with Gasteiger partial charge in [0.2, 0.25) is 0 Å². The third kappa shape index (κ3) is 3.04. The van der Waals surface area contributed by atoms with Crippen molar-refractivity contribution in [3.8, 4) is 0 Å². The molecule has 1 aliphatic heterocycles. The second-order valence-electron chi connectivity index (χ2n) is 4.07. The predicted molar refractivity (Wildman–Crippen MR) is 55.0 cm³/mol. The highest BCUT2D eigenvalue weighted by atomic mass is 32.2. The molecular formula is C9H19NO2S. The van der Waals surface area contributed by atoms with Gasteiger partial charge in [0, 0.05) is 0 Å². The lowest BCUT2D eigenvalue weighted by atomic mass is 9.89. The van der Waals surface area contributed by atoms with E-state index in [2.05, 4.69) is 5.32 Å². The number of rotatable bonds is 3. The van der Waals surface area contributed by atoms with Crippen LogP contribution in [0.25, 0.3) is 0 Å². The van der Waals surface area contributed by atoms with Gasteiger partial charge in [-0.25, -0.2) is 4.21 Å². The minimum Gasteiger partial charge on any atom is -0.317 e. The van der Waals surface area contributed by atoms with Gasteiger partial charge in [0.25, 0.3) is 0 Å². The van der Waals surface area contributed by atoms with Crippen LogP contribution in [0.5, 0.6) is 0 Å². The molecular weight excluding hydrogens is 186 g/mol. The number of hydrogen-bond acceptors (Lipinski definition) is 2. The van der Waals surface area contributed by atoms with E-state index in [9.17, 15) is 8.76 Å². The lowest BCUT2D eigenvalue weighted by molar-refractivity contribution is 0.315. The van der Waals surface area contributed by atoms with Crippen LogP contribution in [0.2, 0.25) is 0 Å². The van der Waals surface area contributed by atoms with Crippen LogP contribution in [0.3, 0.4) is 0 Å². The molecule has 0 aromatic heterocycles. The molecule has 1 aliphatic rings. The van der Waals surface area contributed by atoms with E-state index in [1.807, 2.05) is 13.8 Å². The number of nitrogens with one attached hydrogen (secondary N) is 1. The molecule has 0 bridgehead atoms. The predicted octanol–water partition coefficient (Wildman–Crippen LogP) is 1.23. The van der Waals surface area contributed by atoms with E-state index in [1.165, 1.54) is 0 Å². The van der Waals surface area contributed by atoms with Crippen LogP contribution in [-0.2, 0) is 11.1 Å². The van der Waals surface area contributed by atoms with Crippen LogP contribution < -0.4 is 5.32 Å². The molecule has 0 amide bonds. The van der Waals surface area contributed by atoms with Gasteiger partial charge >= 0.3 is 0 Å². The molecule has 0 radical (unpaired) electrons. The summed E-state index contributed by atoms with van der Waals surface area (Å²) in [6, 6.07) is 0. The van der Waals surface area contributed by atoms with E-state index in [4.69, 9.17) is 0 Å². The van der Waals surface area contributed by atoms with Gasteiger partial charge in [-0.05, 0) is 37.8 Å². The molecule has 3 nitrogen and oxygen atoms in total. The maximum absolute atomic E-state index is 11.1. The monoisotopic (exact) mass is 205 g/mol. The molecule has 1 fully saturated rings. The first-order chi connectivity index (χ1) is 6.13. The van der Waals surface area contributed by atoms with Crippen molar-refractivity contribution in [3.63, 3.8) is 0 Å². The SMILES string of the molecule is CC(C)C(C1CCNCC1)S(=O)O. The van der Waals surface area contributed by atoms with Crippen LogP contribution in [0.4, 0.5) is 0 Å². The summed E-state index contributed by atoms with van der Waals surface area (Å²) in [7, 11) is 0. The second kappa shape index (κ2) is 5.08. The maximum atomic E-state index is 11.1. The summed E-state index contributed by atoms with van der Waals surface area (Å²) < 4.78 is 20.3. The Balaban J connectivity index is 2.57. The fourth-order valence-corrected chi connectivity index (χ4v) is 3.18. The molecule has 1 heterocycles. The summed E-state index contributed by atoms with van der Waals surface area (Å²) >= 11 is -1.66. The Morgan fingerprint density at radius 3 is 2.31 bits per heavy atom. The number of hydrogen-bond donors (Lipinski definition) is 2. The van der Waals surface area contributed by atoms with Crippen molar-refractivity contribution < 1.29 is 8.76 Å². The first kappa shape index (κ1) is 11.1. The van der Waals surface area contributed by atoms with Crippen molar-refractivity contribution in [1.29, 1.82) is 0 Å². The lowest BCUT2D eigenvalue weighted by Gasteiger charge is -2.30. The Labute approximate surface area is 82.6 Å². The van der Waals surface area contributed by atoms with Crippen LogP contribution in [-0.4, -0.2) is 27.1 Å². The normalized spacial score (nSPS) is 24.6. The van der Waals surface area contributed by atoms with E-state index in [0.717, 1.165) is 25.9 Å².